The van der Waals surface area contributed by atoms with Crippen molar-refractivity contribution in [1.82, 2.24) is 5.32 Å². The second-order valence-electron chi connectivity index (χ2n) is 5.79. The molecule has 3 rings (SSSR count). The number of nitrogens with zero attached hydrogens (tertiary/aromatic N) is 1. The van der Waals surface area contributed by atoms with Gasteiger partial charge in [-0.05, 0) is 55.4 Å². The number of hydrogen-bond donors (Lipinski definition) is 1. The Morgan fingerprint density at radius 2 is 2.16 bits per heavy atom. The molecule has 0 radical (unpaired) electrons. The number of halogens is 1. The van der Waals surface area contributed by atoms with Crippen LogP contribution in [0.4, 0.5) is 0 Å². The molecule has 0 saturated heterocycles. The molecule has 0 spiro atoms. The fourth-order valence-corrected chi connectivity index (χ4v) is 3.91. The van der Waals surface area contributed by atoms with Gasteiger partial charge in [0.2, 0.25) is 0 Å². The van der Waals surface area contributed by atoms with Gasteiger partial charge in [0.25, 0.3) is 0 Å². The van der Waals surface area contributed by atoms with Crippen LogP contribution in [0.25, 0.3) is 0 Å². The second-order valence-corrected chi connectivity index (χ2v) is 6.71. The first kappa shape index (κ1) is 13.1. The zero-order valence-electron chi connectivity index (χ0n) is 11.0. The van der Waals surface area contributed by atoms with E-state index in [4.69, 9.17) is 5.26 Å². The lowest BCUT2D eigenvalue weighted by molar-refractivity contribution is 0.301. The van der Waals surface area contributed by atoms with Crippen LogP contribution in [0, 0.1) is 17.2 Å². The molecule has 100 valence electrons. The van der Waals surface area contributed by atoms with Crippen LogP contribution >= 0.6 is 15.9 Å². The van der Waals surface area contributed by atoms with Gasteiger partial charge in [-0.2, -0.15) is 5.26 Å². The number of fused-ring (bicyclic) bond motifs is 1. The minimum Gasteiger partial charge on any atom is -0.307 e. The summed E-state index contributed by atoms with van der Waals surface area (Å²) in [5.74, 6) is 0.261. The van der Waals surface area contributed by atoms with Crippen molar-refractivity contribution >= 4 is 15.9 Å². The molecule has 3 unspecified atom stereocenters. The standard InChI is InChI=1S/C16H19BrN2/c17-13-5-6-15-12(9-13)4-7-16(15)19-14-3-1-2-11(8-14)10-18/h5-6,9,11,14,16,19H,1-4,7-8H2. The van der Waals surface area contributed by atoms with Gasteiger partial charge in [-0.15, -0.1) is 0 Å². The van der Waals surface area contributed by atoms with Gasteiger partial charge >= 0.3 is 0 Å². The highest BCUT2D eigenvalue weighted by Crippen LogP contribution is 2.35. The number of benzene rings is 1. The maximum Gasteiger partial charge on any atom is 0.0656 e. The molecule has 0 aliphatic heterocycles. The highest BCUT2D eigenvalue weighted by atomic mass is 79.9. The summed E-state index contributed by atoms with van der Waals surface area (Å²) in [4.78, 5) is 0. The molecule has 1 N–H and O–H groups in total. The molecule has 2 aliphatic rings. The molecule has 0 heterocycles. The van der Waals surface area contributed by atoms with E-state index in [2.05, 4.69) is 45.5 Å². The van der Waals surface area contributed by atoms with Crippen LogP contribution in [0.5, 0.6) is 0 Å². The van der Waals surface area contributed by atoms with E-state index < -0.39 is 0 Å². The third-order valence-electron chi connectivity index (χ3n) is 4.48. The lowest BCUT2D eigenvalue weighted by atomic mass is 9.86. The maximum absolute atomic E-state index is 9.07. The van der Waals surface area contributed by atoms with Gasteiger partial charge in [0.05, 0.1) is 6.07 Å². The van der Waals surface area contributed by atoms with Crippen LogP contribution in [0.15, 0.2) is 22.7 Å². The van der Waals surface area contributed by atoms with Crippen LogP contribution in [0.3, 0.4) is 0 Å². The minimum atomic E-state index is 0.261. The molecule has 1 saturated carbocycles. The van der Waals surface area contributed by atoms with E-state index in [1.807, 2.05) is 0 Å². The summed E-state index contributed by atoms with van der Waals surface area (Å²) in [7, 11) is 0. The van der Waals surface area contributed by atoms with E-state index in [1.165, 1.54) is 41.3 Å². The third kappa shape index (κ3) is 2.85. The van der Waals surface area contributed by atoms with E-state index >= 15 is 0 Å². The Morgan fingerprint density at radius 1 is 1.26 bits per heavy atom. The van der Waals surface area contributed by atoms with Crippen molar-refractivity contribution in [3.05, 3.63) is 33.8 Å². The third-order valence-corrected chi connectivity index (χ3v) is 4.97. The van der Waals surface area contributed by atoms with Crippen molar-refractivity contribution in [2.45, 2.75) is 50.6 Å². The van der Waals surface area contributed by atoms with Gasteiger partial charge in [-0.25, -0.2) is 0 Å². The molecular formula is C16H19BrN2. The average Bonchev–Trinajstić information content (AvgIpc) is 2.81. The van der Waals surface area contributed by atoms with Crippen LogP contribution < -0.4 is 5.32 Å². The van der Waals surface area contributed by atoms with E-state index in [0.29, 0.717) is 12.1 Å². The topological polar surface area (TPSA) is 35.8 Å². The van der Waals surface area contributed by atoms with Crippen molar-refractivity contribution in [3.63, 3.8) is 0 Å². The van der Waals surface area contributed by atoms with Gasteiger partial charge in [-0.1, -0.05) is 28.4 Å². The first-order valence-corrected chi connectivity index (χ1v) is 7.99. The Bertz CT molecular complexity index is 506. The fraction of sp³-hybridized carbons (Fsp3) is 0.562. The van der Waals surface area contributed by atoms with Crippen molar-refractivity contribution < 1.29 is 0 Å². The number of nitriles is 1. The normalized spacial score (nSPS) is 29.8. The number of hydrogen-bond acceptors (Lipinski definition) is 2. The van der Waals surface area contributed by atoms with Gasteiger partial charge in [0.1, 0.15) is 0 Å². The largest absolute Gasteiger partial charge is 0.307 e. The number of rotatable bonds is 2. The minimum absolute atomic E-state index is 0.261. The summed E-state index contributed by atoms with van der Waals surface area (Å²) in [6, 6.07) is 10.1. The molecule has 1 fully saturated rings. The van der Waals surface area contributed by atoms with E-state index in [-0.39, 0.29) is 5.92 Å². The average molecular weight is 319 g/mol. The first-order valence-electron chi connectivity index (χ1n) is 7.20. The van der Waals surface area contributed by atoms with Crippen LogP contribution in [-0.4, -0.2) is 6.04 Å². The summed E-state index contributed by atoms with van der Waals surface area (Å²) >= 11 is 3.54. The predicted molar refractivity (Wildman–Crippen MR) is 79.7 cm³/mol. The van der Waals surface area contributed by atoms with Crippen LogP contribution in [0.1, 0.15) is 49.3 Å². The van der Waals surface area contributed by atoms with E-state index in [9.17, 15) is 0 Å². The SMILES string of the molecule is N#CC1CCCC(NC2CCc3cc(Br)ccc32)C1. The maximum atomic E-state index is 9.07. The van der Waals surface area contributed by atoms with Crippen LogP contribution in [0.2, 0.25) is 0 Å². The Kier molecular flexibility index (Phi) is 3.91. The molecule has 0 bridgehead atoms. The Hall–Kier alpha value is -0.850. The summed E-state index contributed by atoms with van der Waals surface area (Å²) in [5, 5.41) is 12.9. The molecule has 1 aromatic carbocycles. The lowest BCUT2D eigenvalue weighted by Gasteiger charge is -2.29. The number of aryl methyl sites for hydroxylation is 1. The molecule has 3 heteroatoms. The van der Waals surface area contributed by atoms with Gasteiger partial charge < -0.3 is 5.32 Å². The van der Waals surface area contributed by atoms with Crippen molar-refractivity contribution in [3.8, 4) is 6.07 Å². The number of nitrogens with one attached hydrogen (secondary N) is 1. The Balaban J connectivity index is 1.68. The van der Waals surface area contributed by atoms with Crippen molar-refractivity contribution in [2.75, 3.05) is 0 Å². The van der Waals surface area contributed by atoms with Gasteiger partial charge in [0, 0.05) is 22.5 Å². The van der Waals surface area contributed by atoms with E-state index in [0.717, 1.165) is 12.8 Å². The van der Waals surface area contributed by atoms with Crippen molar-refractivity contribution in [1.29, 1.82) is 5.26 Å². The summed E-state index contributed by atoms with van der Waals surface area (Å²) in [6.07, 6.45) is 6.89. The first-order chi connectivity index (χ1) is 9.26. The van der Waals surface area contributed by atoms with Gasteiger partial charge in [-0.3, -0.25) is 0 Å². The van der Waals surface area contributed by atoms with Gasteiger partial charge in [0.15, 0.2) is 0 Å². The zero-order chi connectivity index (χ0) is 13.2. The van der Waals surface area contributed by atoms with E-state index in [1.54, 1.807) is 0 Å². The van der Waals surface area contributed by atoms with Crippen LogP contribution in [-0.2, 0) is 6.42 Å². The molecule has 0 aromatic heterocycles. The monoisotopic (exact) mass is 318 g/mol. The molecular weight excluding hydrogens is 300 g/mol. The zero-order valence-corrected chi connectivity index (χ0v) is 12.6. The molecule has 3 atom stereocenters. The van der Waals surface area contributed by atoms with Crippen molar-refractivity contribution in [2.24, 2.45) is 5.92 Å². The molecule has 19 heavy (non-hydrogen) atoms. The molecule has 1 aromatic rings. The predicted octanol–water partition coefficient (Wildman–Crippen LogP) is 4.11. The smallest absolute Gasteiger partial charge is 0.0656 e. The quantitative estimate of drug-likeness (QED) is 0.890. The molecule has 2 aliphatic carbocycles. The molecule has 0 amide bonds. The highest BCUT2D eigenvalue weighted by Gasteiger charge is 2.28. The molecule has 2 nitrogen and oxygen atoms in total. The summed E-state index contributed by atoms with van der Waals surface area (Å²) in [6.45, 7) is 0. The lowest BCUT2D eigenvalue weighted by Crippen LogP contribution is -2.35. The second kappa shape index (κ2) is 5.64. The Morgan fingerprint density at radius 3 is 3.00 bits per heavy atom. The summed E-state index contributed by atoms with van der Waals surface area (Å²) < 4.78 is 1.18. The highest BCUT2D eigenvalue weighted by molar-refractivity contribution is 9.10. The summed E-state index contributed by atoms with van der Waals surface area (Å²) in [5.41, 5.74) is 2.93. The Labute approximate surface area is 123 Å². The fourth-order valence-electron chi connectivity index (χ4n) is 3.50.